The first-order valence-electron chi connectivity index (χ1n) is 4.35. The molecule has 0 aliphatic heterocycles. The van der Waals surface area contributed by atoms with Crippen molar-refractivity contribution < 1.29 is 8.42 Å². The van der Waals surface area contributed by atoms with E-state index in [0.29, 0.717) is 12.1 Å². The lowest BCUT2D eigenvalue weighted by Gasteiger charge is -2.11. The predicted octanol–water partition coefficient (Wildman–Crippen LogP) is 0.233. The van der Waals surface area contributed by atoms with Crippen molar-refractivity contribution in [3.05, 3.63) is 11.9 Å². The molecule has 0 saturated carbocycles. The van der Waals surface area contributed by atoms with Gasteiger partial charge in [0.1, 0.15) is 4.90 Å². The van der Waals surface area contributed by atoms with Crippen LogP contribution in [0, 0.1) is 0 Å². The van der Waals surface area contributed by atoms with E-state index in [9.17, 15) is 8.42 Å². The summed E-state index contributed by atoms with van der Waals surface area (Å²) >= 11 is 0. The Hall–Kier alpha value is -0.880. The number of aromatic nitrogens is 2. The zero-order chi connectivity index (χ0) is 10.9. The summed E-state index contributed by atoms with van der Waals surface area (Å²) in [5, 5.41) is 3.91. The van der Waals surface area contributed by atoms with Crippen molar-refractivity contribution in [1.29, 1.82) is 0 Å². The Bertz CT molecular complexity index is 422. The summed E-state index contributed by atoms with van der Waals surface area (Å²) in [6.07, 6.45) is 3.19. The molecule has 80 valence electrons. The van der Waals surface area contributed by atoms with E-state index in [4.69, 9.17) is 5.73 Å². The molecule has 2 N–H and O–H groups in total. The third kappa shape index (κ3) is 1.96. The third-order valence-corrected chi connectivity index (χ3v) is 3.25. The van der Waals surface area contributed by atoms with Crippen LogP contribution in [-0.2, 0) is 16.9 Å². The lowest BCUT2D eigenvalue weighted by Crippen LogP contribution is -2.16. The second kappa shape index (κ2) is 3.70. The largest absolute Gasteiger partial charge is 0.323 e. The van der Waals surface area contributed by atoms with Gasteiger partial charge in [0.05, 0.1) is 11.9 Å². The Morgan fingerprint density at radius 1 is 1.64 bits per heavy atom. The summed E-state index contributed by atoms with van der Waals surface area (Å²) in [6, 6.07) is -0.285. The number of sulfone groups is 1. The molecule has 5 nitrogen and oxygen atoms in total. The topological polar surface area (TPSA) is 78.0 Å². The van der Waals surface area contributed by atoms with Crippen LogP contribution in [-0.4, -0.2) is 24.5 Å². The van der Waals surface area contributed by atoms with Crippen LogP contribution in [0.15, 0.2) is 11.1 Å². The first-order valence-corrected chi connectivity index (χ1v) is 6.24. The Balaban J connectivity index is 3.34. The molecular weight excluding hydrogens is 202 g/mol. The maximum Gasteiger partial charge on any atom is 0.178 e. The van der Waals surface area contributed by atoms with Crippen molar-refractivity contribution in [1.82, 2.24) is 9.78 Å². The molecule has 1 aromatic rings. The molecule has 0 saturated heterocycles. The summed E-state index contributed by atoms with van der Waals surface area (Å²) in [5.41, 5.74) is 6.39. The van der Waals surface area contributed by atoms with Crippen LogP contribution in [0.3, 0.4) is 0 Å². The fraction of sp³-hybridized carbons (Fsp3) is 0.625. The van der Waals surface area contributed by atoms with Crippen LogP contribution < -0.4 is 5.73 Å². The van der Waals surface area contributed by atoms with E-state index >= 15 is 0 Å². The number of hydrogen-bond donors (Lipinski definition) is 1. The molecule has 0 unspecified atom stereocenters. The quantitative estimate of drug-likeness (QED) is 0.786. The third-order valence-electron chi connectivity index (χ3n) is 2.14. The van der Waals surface area contributed by atoms with Gasteiger partial charge in [-0.05, 0) is 6.42 Å². The van der Waals surface area contributed by atoms with Crippen molar-refractivity contribution in [3.63, 3.8) is 0 Å². The molecule has 1 aromatic heterocycles. The Morgan fingerprint density at radius 3 is 2.64 bits per heavy atom. The molecule has 6 heteroatoms. The van der Waals surface area contributed by atoms with Crippen LogP contribution in [0.4, 0.5) is 0 Å². The van der Waals surface area contributed by atoms with E-state index in [2.05, 4.69) is 5.10 Å². The predicted molar refractivity (Wildman–Crippen MR) is 53.5 cm³/mol. The zero-order valence-electron chi connectivity index (χ0n) is 8.56. The molecule has 0 spiro atoms. The highest BCUT2D eigenvalue weighted by Gasteiger charge is 2.21. The fourth-order valence-corrected chi connectivity index (χ4v) is 2.23. The van der Waals surface area contributed by atoms with Crippen LogP contribution >= 0.6 is 0 Å². The van der Waals surface area contributed by atoms with Crippen LogP contribution in [0.5, 0.6) is 0 Å². The maximum atomic E-state index is 11.4. The molecule has 0 fully saturated rings. The van der Waals surface area contributed by atoms with Crippen molar-refractivity contribution in [3.8, 4) is 0 Å². The fourth-order valence-electron chi connectivity index (χ4n) is 1.33. The average molecular weight is 217 g/mol. The smallest absolute Gasteiger partial charge is 0.178 e. The van der Waals surface area contributed by atoms with Gasteiger partial charge in [0.25, 0.3) is 0 Å². The molecule has 0 amide bonds. The minimum atomic E-state index is -3.23. The summed E-state index contributed by atoms with van der Waals surface area (Å²) < 4.78 is 24.3. The van der Waals surface area contributed by atoms with Gasteiger partial charge in [0.15, 0.2) is 9.84 Å². The minimum absolute atomic E-state index is 0.231. The minimum Gasteiger partial charge on any atom is -0.323 e. The van der Waals surface area contributed by atoms with Gasteiger partial charge >= 0.3 is 0 Å². The molecule has 0 aromatic carbocycles. The summed E-state index contributed by atoms with van der Waals surface area (Å²) in [6.45, 7) is 1.91. The molecule has 0 radical (unpaired) electrons. The number of nitrogens with zero attached hydrogens (tertiary/aromatic N) is 2. The number of rotatable bonds is 3. The van der Waals surface area contributed by atoms with E-state index in [0.717, 1.165) is 6.26 Å². The van der Waals surface area contributed by atoms with Gasteiger partial charge in [-0.25, -0.2) is 8.42 Å². The summed E-state index contributed by atoms with van der Waals surface area (Å²) in [4.78, 5) is 0.231. The number of hydrogen-bond acceptors (Lipinski definition) is 4. The lowest BCUT2D eigenvalue weighted by molar-refractivity contribution is 0.579. The highest BCUT2D eigenvalue weighted by molar-refractivity contribution is 7.90. The number of nitrogens with two attached hydrogens (primary N) is 1. The van der Waals surface area contributed by atoms with Gasteiger partial charge in [-0.3, -0.25) is 4.68 Å². The second-order valence-corrected chi connectivity index (χ2v) is 5.29. The van der Waals surface area contributed by atoms with E-state index in [1.807, 2.05) is 6.92 Å². The molecule has 0 aliphatic carbocycles. The molecule has 14 heavy (non-hydrogen) atoms. The first kappa shape index (κ1) is 11.2. The van der Waals surface area contributed by atoms with Gasteiger partial charge in [-0.2, -0.15) is 5.10 Å². The molecule has 1 rings (SSSR count). The van der Waals surface area contributed by atoms with E-state index < -0.39 is 9.84 Å². The normalized spacial score (nSPS) is 14.3. The molecule has 0 aliphatic rings. The Morgan fingerprint density at radius 2 is 2.21 bits per heavy atom. The van der Waals surface area contributed by atoms with Gasteiger partial charge < -0.3 is 5.73 Å². The zero-order valence-corrected chi connectivity index (χ0v) is 9.37. The highest BCUT2D eigenvalue weighted by Crippen LogP contribution is 2.21. The first-order chi connectivity index (χ1) is 6.38. The van der Waals surface area contributed by atoms with E-state index in [1.165, 1.54) is 10.9 Å². The average Bonchev–Trinajstić information content (AvgIpc) is 2.45. The maximum absolute atomic E-state index is 11.4. The van der Waals surface area contributed by atoms with Gasteiger partial charge in [0, 0.05) is 19.3 Å². The lowest BCUT2D eigenvalue weighted by atomic mass is 10.2. The van der Waals surface area contributed by atoms with Crippen molar-refractivity contribution in [2.24, 2.45) is 12.8 Å². The van der Waals surface area contributed by atoms with E-state index in [1.54, 1.807) is 7.05 Å². The Labute approximate surface area is 83.8 Å². The monoisotopic (exact) mass is 217 g/mol. The van der Waals surface area contributed by atoms with Gasteiger partial charge in [-0.1, -0.05) is 6.92 Å². The number of aryl methyl sites for hydroxylation is 1. The van der Waals surface area contributed by atoms with Crippen molar-refractivity contribution in [2.45, 2.75) is 24.3 Å². The van der Waals surface area contributed by atoms with Crippen LogP contribution in [0.1, 0.15) is 25.1 Å². The molecule has 1 heterocycles. The van der Waals surface area contributed by atoms with Gasteiger partial charge in [-0.15, -0.1) is 0 Å². The van der Waals surface area contributed by atoms with Crippen LogP contribution in [0.25, 0.3) is 0 Å². The Kier molecular flexibility index (Phi) is 2.96. The van der Waals surface area contributed by atoms with Crippen molar-refractivity contribution >= 4 is 9.84 Å². The molecule has 1 atom stereocenters. The summed E-state index contributed by atoms with van der Waals surface area (Å²) in [5.74, 6) is 0. The molecule has 0 bridgehead atoms. The highest BCUT2D eigenvalue weighted by atomic mass is 32.2. The van der Waals surface area contributed by atoms with Gasteiger partial charge in [0.2, 0.25) is 0 Å². The SMILES string of the molecule is CC[C@H](N)c1c(S(C)(=O)=O)cnn1C. The van der Waals surface area contributed by atoms with Crippen LogP contribution in [0.2, 0.25) is 0 Å². The molecular formula is C8H15N3O2S. The van der Waals surface area contributed by atoms with E-state index in [-0.39, 0.29) is 10.9 Å². The van der Waals surface area contributed by atoms with Crippen molar-refractivity contribution in [2.75, 3.05) is 6.26 Å². The standard InChI is InChI=1S/C8H15N3O2S/c1-4-6(9)8-7(14(3,12)13)5-10-11(8)2/h5-6H,4,9H2,1-3H3/t6-/m0/s1. The summed E-state index contributed by atoms with van der Waals surface area (Å²) in [7, 11) is -1.54. The second-order valence-electron chi connectivity index (χ2n) is 3.30.